The summed E-state index contributed by atoms with van der Waals surface area (Å²) in [6.07, 6.45) is 0. The Labute approximate surface area is 205 Å². The molecule has 0 saturated heterocycles. The van der Waals surface area contributed by atoms with E-state index in [1.807, 2.05) is 48.0 Å². The average molecular weight is 475 g/mol. The van der Waals surface area contributed by atoms with Gasteiger partial charge in [0.1, 0.15) is 5.82 Å². The Morgan fingerprint density at radius 1 is 0.848 bits per heavy atom. The Bertz CT molecular complexity index is 1160. The van der Waals surface area contributed by atoms with Gasteiger partial charge in [-0.05, 0) is 54.9 Å². The molecule has 6 heteroatoms. The van der Waals surface area contributed by atoms with Gasteiger partial charge in [0.15, 0.2) is 5.11 Å². The van der Waals surface area contributed by atoms with Crippen molar-refractivity contribution in [1.29, 1.82) is 0 Å². The lowest BCUT2D eigenvalue weighted by molar-refractivity contribution is 0.412. The topological polar surface area (TPSA) is 33.1 Å². The molecule has 33 heavy (non-hydrogen) atoms. The van der Waals surface area contributed by atoms with Crippen molar-refractivity contribution in [1.82, 2.24) is 14.7 Å². The molecule has 0 atom stereocenters. The molecule has 0 aliphatic heterocycles. The van der Waals surface area contributed by atoms with E-state index in [4.69, 9.17) is 28.9 Å². The van der Waals surface area contributed by atoms with Crippen LogP contribution in [0.25, 0.3) is 0 Å². The number of nitrogens with one attached hydrogen (secondary N) is 1. The molecule has 1 aromatic heterocycles. The Hall–Kier alpha value is -3.15. The van der Waals surface area contributed by atoms with Crippen molar-refractivity contribution in [2.75, 3.05) is 5.32 Å². The standard InChI is InChI=1S/C27H27ClN4S/c1-20-21(2)30-32(19-24-13-15-25(28)16-14-24)26(20)29-27(33)31(17-22-9-5-3-6-10-22)18-23-11-7-4-8-12-23/h3-16H,17-19H2,1-2H3,(H,29,33). The lowest BCUT2D eigenvalue weighted by atomic mass is 10.2. The third-order valence-electron chi connectivity index (χ3n) is 5.62. The first kappa shape index (κ1) is 23.0. The van der Waals surface area contributed by atoms with Gasteiger partial charge in [0.25, 0.3) is 0 Å². The third kappa shape index (κ3) is 6.01. The van der Waals surface area contributed by atoms with Gasteiger partial charge in [-0.15, -0.1) is 0 Å². The zero-order chi connectivity index (χ0) is 23.2. The van der Waals surface area contributed by atoms with Crippen molar-refractivity contribution in [3.8, 4) is 0 Å². The van der Waals surface area contributed by atoms with Crippen LogP contribution in [0.2, 0.25) is 5.02 Å². The molecule has 4 rings (SSSR count). The largest absolute Gasteiger partial charge is 0.340 e. The van der Waals surface area contributed by atoms with E-state index in [9.17, 15) is 0 Å². The molecule has 1 heterocycles. The number of hydrogen-bond acceptors (Lipinski definition) is 2. The number of aryl methyl sites for hydroxylation is 1. The minimum Gasteiger partial charge on any atom is -0.340 e. The van der Waals surface area contributed by atoms with Crippen LogP contribution in [0.5, 0.6) is 0 Å². The maximum absolute atomic E-state index is 6.05. The molecule has 0 radical (unpaired) electrons. The minimum absolute atomic E-state index is 0.633. The van der Waals surface area contributed by atoms with Gasteiger partial charge in [-0.1, -0.05) is 84.4 Å². The fraction of sp³-hybridized carbons (Fsp3) is 0.185. The molecule has 0 saturated carbocycles. The molecule has 3 aromatic carbocycles. The predicted octanol–water partition coefficient (Wildman–Crippen LogP) is 6.60. The maximum Gasteiger partial charge on any atom is 0.175 e. The number of halogens is 1. The van der Waals surface area contributed by atoms with Crippen molar-refractivity contribution in [2.24, 2.45) is 0 Å². The Morgan fingerprint density at radius 2 is 1.39 bits per heavy atom. The number of anilines is 1. The van der Waals surface area contributed by atoms with Crippen molar-refractivity contribution >= 4 is 34.7 Å². The van der Waals surface area contributed by atoms with Crippen LogP contribution in [0.4, 0.5) is 5.82 Å². The summed E-state index contributed by atoms with van der Waals surface area (Å²) in [5.74, 6) is 0.915. The number of thiocarbonyl (C=S) groups is 1. The fourth-order valence-electron chi connectivity index (χ4n) is 3.69. The molecule has 168 valence electrons. The van der Waals surface area contributed by atoms with Crippen molar-refractivity contribution < 1.29 is 0 Å². The van der Waals surface area contributed by atoms with Gasteiger partial charge in [-0.3, -0.25) is 0 Å². The van der Waals surface area contributed by atoms with Crippen LogP contribution in [0.15, 0.2) is 84.9 Å². The van der Waals surface area contributed by atoms with E-state index in [-0.39, 0.29) is 0 Å². The molecular weight excluding hydrogens is 448 g/mol. The van der Waals surface area contributed by atoms with Crippen LogP contribution >= 0.6 is 23.8 Å². The first-order valence-electron chi connectivity index (χ1n) is 10.9. The average Bonchev–Trinajstić information content (AvgIpc) is 3.09. The molecule has 0 amide bonds. The summed E-state index contributed by atoms with van der Waals surface area (Å²) in [6.45, 7) is 6.15. The van der Waals surface area contributed by atoms with Crippen LogP contribution in [0.3, 0.4) is 0 Å². The van der Waals surface area contributed by atoms with Crippen LogP contribution in [-0.4, -0.2) is 19.8 Å². The highest BCUT2D eigenvalue weighted by molar-refractivity contribution is 7.80. The highest BCUT2D eigenvalue weighted by Crippen LogP contribution is 2.22. The van der Waals surface area contributed by atoms with E-state index in [0.717, 1.165) is 27.7 Å². The minimum atomic E-state index is 0.633. The van der Waals surface area contributed by atoms with Crippen LogP contribution < -0.4 is 5.32 Å². The Morgan fingerprint density at radius 3 is 1.94 bits per heavy atom. The predicted molar refractivity (Wildman–Crippen MR) is 141 cm³/mol. The number of rotatable bonds is 7. The van der Waals surface area contributed by atoms with Gasteiger partial charge in [-0.2, -0.15) is 5.10 Å². The highest BCUT2D eigenvalue weighted by atomic mass is 35.5. The van der Waals surface area contributed by atoms with Crippen LogP contribution in [0.1, 0.15) is 27.9 Å². The van der Waals surface area contributed by atoms with Crippen LogP contribution in [-0.2, 0) is 19.6 Å². The van der Waals surface area contributed by atoms with E-state index in [1.54, 1.807) is 0 Å². The monoisotopic (exact) mass is 474 g/mol. The summed E-state index contributed by atoms with van der Waals surface area (Å²) >= 11 is 12.0. The molecule has 0 aliphatic rings. The van der Waals surface area contributed by atoms with E-state index < -0.39 is 0 Å². The molecule has 4 aromatic rings. The van der Waals surface area contributed by atoms with Crippen molar-refractivity contribution in [3.05, 3.63) is 118 Å². The second kappa shape index (κ2) is 10.6. The van der Waals surface area contributed by atoms with E-state index >= 15 is 0 Å². The first-order chi connectivity index (χ1) is 16.0. The first-order valence-corrected chi connectivity index (χ1v) is 11.7. The molecule has 0 aliphatic carbocycles. The third-order valence-corrected chi connectivity index (χ3v) is 6.23. The molecule has 0 fully saturated rings. The zero-order valence-corrected chi connectivity index (χ0v) is 20.4. The number of hydrogen-bond donors (Lipinski definition) is 1. The molecule has 1 N–H and O–H groups in total. The van der Waals surface area contributed by atoms with Gasteiger partial charge in [0, 0.05) is 23.7 Å². The van der Waals surface area contributed by atoms with E-state index in [2.05, 4.69) is 65.7 Å². The van der Waals surface area contributed by atoms with Gasteiger partial charge in [0.2, 0.25) is 0 Å². The van der Waals surface area contributed by atoms with Gasteiger partial charge < -0.3 is 10.2 Å². The maximum atomic E-state index is 6.05. The second-order valence-corrected chi connectivity index (χ2v) is 8.92. The normalized spacial score (nSPS) is 10.8. The number of aromatic nitrogens is 2. The highest BCUT2D eigenvalue weighted by Gasteiger charge is 2.17. The molecule has 0 spiro atoms. The summed E-state index contributed by atoms with van der Waals surface area (Å²) in [4.78, 5) is 2.19. The van der Waals surface area contributed by atoms with Gasteiger partial charge >= 0.3 is 0 Å². The van der Waals surface area contributed by atoms with Gasteiger partial charge in [-0.25, -0.2) is 4.68 Å². The molecule has 0 unspecified atom stereocenters. The zero-order valence-electron chi connectivity index (χ0n) is 18.8. The van der Waals surface area contributed by atoms with Crippen molar-refractivity contribution in [2.45, 2.75) is 33.5 Å². The molecular formula is C27H27ClN4S. The lowest BCUT2D eigenvalue weighted by Crippen LogP contribution is -2.34. The number of nitrogens with zero attached hydrogens (tertiary/aromatic N) is 3. The summed E-state index contributed by atoms with van der Waals surface area (Å²) in [6, 6.07) is 28.6. The summed E-state index contributed by atoms with van der Waals surface area (Å²) < 4.78 is 1.98. The summed E-state index contributed by atoms with van der Waals surface area (Å²) in [5.41, 5.74) is 5.61. The van der Waals surface area contributed by atoms with Crippen molar-refractivity contribution in [3.63, 3.8) is 0 Å². The van der Waals surface area contributed by atoms with Crippen LogP contribution in [0, 0.1) is 13.8 Å². The Kier molecular flexibility index (Phi) is 7.43. The summed E-state index contributed by atoms with van der Waals surface area (Å²) in [7, 11) is 0. The lowest BCUT2D eigenvalue weighted by Gasteiger charge is -2.27. The second-order valence-electron chi connectivity index (χ2n) is 8.10. The molecule has 0 bridgehead atoms. The van der Waals surface area contributed by atoms with E-state index in [1.165, 1.54) is 11.1 Å². The summed E-state index contributed by atoms with van der Waals surface area (Å²) in [5, 5.41) is 9.65. The SMILES string of the molecule is Cc1nn(Cc2ccc(Cl)cc2)c(NC(=S)N(Cc2ccccc2)Cc2ccccc2)c1C. The van der Waals surface area contributed by atoms with E-state index in [0.29, 0.717) is 24.7 Å². The molecule has 4 nitrogen and oxygen atoms in total. The number of benzene rings is 3. The quantitative estimate of drug-likeness (QED) is 0.306. The smallest absolute Gasteiger partial charge is 0.175 e. The Balaban J connectivity index is 1.58. The van der Waals surface area contributed by atoms with Gasteiger partial charge in [0.05, 0.1) is 12.2 Å². The fourth-order valence-corrected chi connectivity index (χ4v) is 4.05.